The minimum atomic E-state index is -0.757. The van der Waals surface area contributed by atoms with Crippen LogP contribution in [0.1, 0.15) is 50.0 Å². The normalized spacial score (nSPS) is 18.7. The van der Waals surface area contributed by atoms with E-state index < -0.39 is 23.4 Å². The molecule has 0 aliphatic carbocycles. The van der Waals surface area contributed by atoms with Gasteiger partial charge in [-0.25, -0.2) is 9.18 Å². The Labute approximate surface area is 163 Å². The second-order valence-corrected chi connectivity index (χ2v) is 7.82. The van der Waals surface area contributed by atoms with Crippen molar-refractivity contribution in [3.8, 4) is 5.88 Å². The maximum absolute atomic E-state index is 14.1. The topological polar surface area (TPSA) is 80.8 Å². The molecule has 9 heteroatoms. The van der Waals surface area contributed by atoms with Crippen LogP contribution in [0.2, 0.25) is 5.15 Å². The van der Waals surface area contributed by atoms with Crippen molar-refractivity contribution in [3.63, 3.8) is 0 Å². The Bertz CT molecular complexity index is 736. The van der Waals surface area contributed by atoms with Gasteiger partial charge in [-0.1, -0.05) is 11.6 Å². The Morgan fingerprint density at radius 1 is 1.41 bits per heavy atom. The molecule has 7 nitrogen and oxygen atoms in total. The van der Waals surface area contributed by atoms with E-state index in [9.17, 15) is 14.0 Å². The highest BCUT2D eigenvalue weighted by Gasteiger charge is 2.27. The molecule has 0 saturated carbocycles. The average Bonchev–Trinajstić information content (AvgIpc) is 2.55. The van der Waals surface area contributed by atoms with Crippen molar-refractivity contribution in [2.75, 3.05) is 19.6 Å². The summed E-state index contributed by atoms with van der Waals surface area (Å²) < 4.78 is 25.3. The number of amides is 2. The molecule has 27 heavy (non-hydrogen) atoms. The molecule has 150 valence electrons. The van der Waals surface area contributed by atoms with Crippen molar-refractivity contribution in [1.82, 2.24) is 15.2 Å². The molecule has 0 aromatic carbocycles. The number of aromatic nitrogens is 1. The standard InChI is InChI=1S/C18H25ClFN3O4/c1-10-6-8-23(17(25)27-18(3,4)5)9-7-21-15(24)12-11(2)13(20)14(19)22-16(12)26-10/h10H,6-9H2,1-5H3,(H,21,24)/t10-/m0/s1. The Balaban J connectivity index is 2.27. The van der Waals surface area contributed by atoms with Crippen LogP contribution in [0.15, 0.2) is 0 Å². The van der Waals surface area contributed by atoms with Crippen molar-refractivity contribution in [1.29, 1.82) is 0 Å². The first-order chi connectivity index (χ1) is 12.5. The third-order valence-corrected chi connectivity index (χ3v) is 4.21. The van der Waals surface area contributed by atoms with E-state index in [1.165, 1.54) is 11.8 Å². The summed E-state index contributed by atoms with van der Waals surface area (Å²) in [6.45, 7) is 9.38. The highest BCUT2D eigenvalue weighted by atomic mass is 35.5. The maximum Gasteiger partial charge on any atom is 0.410 e. The molecular weight excluding hydrogens is 377 g/mol. The van der Waals surface area contributed by atoms with Gasteiger partial charge >= 0.3 is 6.09 Å². The summed E-state index contributed by atoms with van der Waals surface area (Å²) in [6, 6.07) is 0. The Morgan fingerprint density at radius 2 is 2.07 bits per heavy atom. The van der Waals surface area contributed by atoms with E-state index >= 15 is 0 Å². The van der Waals surface area contributed by atoms with E-state index in [4.69, 9.17) is 21.1 Å². The van der Waals surface area contributed by atoms with Gasteiger partial charge in [0.1, 0.15) is 11.2 Å². The van der Waals surface area contributed by atoms with Gasteiger partial charge in [0.15, 0.2) is 11.0 Å². The minimum Gasteiger partial charge on any atom is -0.474 e. The van der Waals surface area contributed by atoms with Crippen LogP contribution in [-0.4, -0.2) is 53.2 Å². The molecule has 2 amide bonds. The van der Waals surface area contributed by atoms with Gasteiger partial charge in [-0.05, 0) is 34.6 Å². The lowest BCUT2D eigenvalue weighted by atomic mass is 10.1. The van der Waals surface area contributed by atoms with Crippen LogP contribution in [0, 0.1) is 12.7 Å². The second-order valence-electron chi connectivity index (χ2n) is 7.46. The molecular formula is C18H25ClFN3O4. The van der Waals surface area contributed by atoms with Crippen molar-refractivity contribution >= 4 is 23.6 Å². The van der Waals surface area contributed by atoms with E-state index in [1.807, 2.05) is 0 Å². The van der Waals surface area contributed by atoms with Crippen LogP contribution in [0.3, 0.4) is 0 Å². The van der Waals surface area contributed by atoms with E-state index in [0.29, 0.717) is 13.0 Å². The van der Waals surface area contributed by atoms with Gasteiger partial charge in [-0.2, -0.15) is 4.98 Å². The fourth-order valence-corrected chi connectivity index (χ4v) is 2.79. The quantitative estimate of drug-likeness (QED) is 0.674. The number of fused-ring (bicyclic) bond motifs is 1. The van der Waals surface area contributed by atoms with Gasteiger partial charge in [-0.15, -0.1) is 0 Å². The number of rotatable bonds is 0. The zero-order valence-electron chi connectivity index (χ0n) is 16.2. The zero-order valence-corrected chi connectivity index (χ0v) is 16.9. The summed E-state index contributed by atoms with van der Waals surface area (Å²) in [5.41, 5.74) is -0.548. The van der Waals surface area contributed by atoms with E-state index in [2.05, 4.69) is 10.3 Å². The molecule has 1 atom stereocenters. The molecule has 1 aromatic heterocycles. The molecule has 2 rings (SSSR count). The highest BCUT2D eigenvalue weighted by Crippen LogP contribution is 2.28. The monoisotopic (exact) mass is 401 g/mol. The maximum atomic E-state index is 14.1. The lowest BCUT2D eigenvalue weighted by molar-refractivity contribution is 0.0232. The zero-order chi connectivity index (χ0) is 20.4. The number of hydrogen-bond acceptors (Lipinski definition) is 5. The number of ether oxygens (including phenoxy) is 2. The second kappa shape index (κ2) is 8.29. The highest BCUT2D eigenvalue weighted by molar-refractivity contribution is 6.29. The van der Waals surface area contributed by atoms with E-state index in [-0.39, 0.29) is 41.4 Å². The molecule has 0 bridgehead atoms. The first kappa shape index (κ1) is 21.2. The van der Waals surface area contributed by atoms with Gasteiger partial charge in [0.05, 0.1) is 6.10 Å². The molecule has 1 aromatic rings. The summed E-state index contributed by atoms with van der Waals surface area (Å²) in [4.78, 5) is 30.3. The van der Waals surface area contributed by atoms with Crippen LogP contribution < -0.4 is 10.1 Å². The molecule has 0 unspecified atom stereocenters. The summed E-state index contributed by atoms with van der Waals surface area (Å²) in [5.74, 6) is -1.31. The average molecular weight is 402 g/mol. The first-order valence-corrected chi connectivity index (χ1v) is 9.15. The molecule has 1 aliphatic heterocycles. The molecule has 0 radical (unpaired) electrons. The Hall–Kier alpha value is -2.09. The smallest absolute Gasteiger partial charge is 0.410 e. The van der Waals surface area contributed by atoms with Crippen molar-refractivity contribution in [3.05, 3.63) is 22.1 Å². The predicted molar refractivity (Wildman–Crippen MR) is 98.8 cm³/mol. The van der Waals surface area contributed by atoms with Gasteiger partial charge in [0.25, 0.3) is 5.91 Å². The van der Waals surface area contributed by atoms with Crippen LogP contribution in [0.25, 0.3) is 0 Å². The lowest BCUT2D eigenvalue weighted by Crippen LogP contribution is -2.42. The summed E-state index contributed by atoms with van der Waals surface area (Å²) in [7, 11) is 0. The number of nitrogens with zero attached hydrogens (tertiary/aromatic N) is 2. The largest absolute Gasteiger partial charge is 0.474 e. The fourth-order valence-electron chi connectivity index (χ4n) is 2.57. The van der Waals surface area contributed by atoms with Gasteiger partial charge in [-0.3, -0.25) is 4.79 Å². The fraction of sp³-hybridized carbons (Fsp3) is 0.611. The number of nitrogens with one attached hydrogen (secondary N) is 1. The van der Waals surface area contributed by atoms with Crippen molar-refractivity contribution in [2.45, 2.75) is 52.7 Å². The number of hydrogen-bond donors (Lipinski definition) is 1. The van der Waals surface area contributed by atoms with Gasteiger partial charge < -0.3 is 19.7 Å². The summed E-state index contributed by atoms with van der Waals surface area (Å²) in [6.07, 6.45) is -0.375. The molecule has 0 fully saturated rings. The Morgan fingerprint density at radius 3 is 2.70 bits per heavy atom. The predicted octanol–water partition coefficient (Wildman–Crippen LogP) is 3.32. The van der Waals surface area contributed by atoms with Gasteiger partial charge in [0.2, 0.25) is 5.88 Å². The SMILES string of the molecule is Cc1c(F)c(Cl)nc2c1C(=O)NCCN(C(=O)OC(C)(C)C)CC[C@H](C)O2. The number of carbonyl (C=O) groups is 2. The molecule has 1 N–H and O–H groups in total. The molecule has 0 spiro atoms. The van der Waals surface area contributed by atoms with E-state index in [0.717, 1.165) is 0 Å². The van der Waals surface area contributed by atoms with Crippen LogP contribution in [0.5, 0.6) is 5.88 Å². The number of halogens is 2. The number of pyridine rings is 1. The molecule has 1 aliphatic rings. The van der Waals surface area contributed by atoms with Crippen molar-refractivity contribution in [2.24, 2.45) is 0 Å². The summed E-state index contributed by atoms with van der Waals surface area (Å²) >= 11 is 5.80. The van der Waals surface area contributed by atoms with Crippen molar-refractivity contribution < 1.29 is 23.5 Å². The van der Waals surface area contributed by atoms with E-state index in [1.54, 1.807) is 27.7 Å². The summed E-state index contributed by atoms with van der Waals surface area (Å²) in [5, 5.41) is 2.32. The lowest BCUT2D eigenvalue weighted by Gasteiger charge is -2.28. The number of carbonyl (C=O) groups excluding carboxylic acids is 2. The first-order valence-electron chi connectivity index (χ1n) is 8.78. The van der Waals surface area contributed by atoms with Crippen LogP contribution >= 0.6 is 11.6 Å². The molecule has 2 heterocycles. The Kier molecular flexibility index (Phi) is 6.51. The molecule has 0 saturated heterocycles. The van der Waals surface area contributed by atoms with Crippen LogP contribution in [0.4, 0.5) is 9.18 Å². The van der Waals surface area contributed by atoms with Gasteiger partial charge in [0, 0.05) is 31.6 Å². The minimum absolute atomic E-state index is 0.00877. The third kappa shape index (κ3) is 5.45. The van der Waals surface area contributed by atoms with Crippen LogP contribution in [-0.2, 0) is 4.74 Å². The third-order valence-electron chi connectivity index (χ3n) is 3.96.